The fourth-order valence-corrected chi connectivity index (χ4v) is 1.92. The summed E-state index contributed by atoms with van der Waals surface area (Å²) in [5.41, 5.74) is 0.372. The van der Waals surface area contributed by atoms with E-state index in [1.54, 1.807) is 0 Å². The number of hydrogen-bond acceptors (Lipinski definition) is 3. The molecule has 1 aliphatic heterocycles. The molecular weight excluding hydrogens is 198 g/mol. The minimum absolute atomic E-state index is 0.372. The van der Waals surface area contributed by atoms with Gasteiger partial charge in [0, 0.05) is 19.6 Å². The Labute approximate surface area is 100 Å². The molecule has 1 aliphatic rings. The standard InChI is InChI=1S/C13H27N3/c1-4-5-6-8-13(2,3)11-16-12-14-9-7-10-15-12/h4-11H2,1-3H3,(H2,14,15,16). The fraction of sp³-hybridized carbons (Fsp3) is 0.923. The summed E-state index contributed by atoms with van der Waals surface area (Å²) >= 11 is 0. The van der Waals surface area contributed by atoms with Gasteiger partial charge in [0.1, 0.15) is 0 Å². The second-order valence-corrected chi connectivity index (χ2v) is 5.49. The first kappa shape index (κ1) is 13.3. The average Bonchev–Trinajstić information content (AvgIpc) is 2.28. The molecule has 94 valence electrons. The molecule has 0 aliphatic carbocycles. The number of nitrogens with one attached hydrogen (secondary N) is 2. The first-order valence-electron chi connectivity index (χ1n) is 6.66. The van der Waals surface area contributed by atoms with Crippen molar-refractivity contribution in [1.29, 1.82) is 0 Å². The Kier molecular flexibility index (Phi) is 5.64. The van der Waals surface area contributed by atoms with Crippen LogP contribution in [0.4, 0.5) is 0 Å². The van der Waals surface area contributed by atoms with Gasteiger partial charge in [-0.1, -0.05) is 40.0 Å². The van der Waals surface area contributed by atoms with E-state index in [1.807, 2.05) is 0 Å². The minimum Gasteiger partial charge on any atom is -0.356 e. The molecule has 1 rings (SSSR count). The highest BCUT2D eigenvalue weighted by molar-refractivity contribution is 5.80. The Hall–Kier alpha value is -0.730. The summed E-state index contributed by atoms with van der Waals surface area (Å²) in [4.78, 5) is 4.42. The van der Waals surface area contributed by atoms with Crippen molar-refractivity contribution in [3.8, 4) is 0 Å². The second-order valence-electron chi connectivity index (χ2n) is 5.49. The topological polar surface area (TPSA) is 36.4 Å². The Morgan fingerprint density at radius 2 is 2.19 bits per heavy atom. The minimum atomic E-state index is 0.372. The number of guanidine groups is 1. The molecule has 3 nitrogen and oxygen atoms in total. The monoisotopic (exact) mass is 225 g/mol. The highest BCUT2D eigenvalue weighted by Crippen LogP contribution is 2.22. The molecule has 1 heterocycles. The second kappa shape index (κ2) is 6.77. The lowest BCUT2D eigenvalue weighted by atomic mass is 9.87. The van der Waals surface area contributed by atoms with Crippen molar-refractivity contribution >= 4 is 5.96 Å². The molecule has 0 fully saturated rings. The zero-order valence-corrected chi connectivity index (χ0v) is 11.1. The summed E-state index contributed by atoms with van der Waals surface area (Å²) in [5.74, 6) is 0.995. The van der Waals surface area contributed by atoms with E-state index < -0.39 is 0 Å². The van der Waals surface area contributed by atoms with E-state index in [1.165, 1.54) is 25.7 Å². The average molecular weight is 225 g/mol. The van der Waals surface area contributed by atoms with Gasteiger partial charge in [0.25, 0.3) is 0 Å². The third-order valence-electron chi connectivity index (χ3n) is 3.09. The molecule has 0 atom stereocenters. The quantitative estimate of drug-likeness (QED) is 0.682. The van der Waals surface area contributed by atoms with Gasteiger partial charge in [0.2, 0.25) is 0 Å². The molecule has 0 aromatic carbocycles. The Bertz CT molecular complexity index is 221. The highest BCUT2D eigenvalue weighted by Gasteiger charge is 2.17. The van der Waals surface area contributed by atoms with E-state index in [2.05, 4.69) is 36.4 Å². The Morgan fingerprint density at radius 1 is 1.38 bits per heavy atom. The van der Waals surface area contributed by atoms with Crippen molar-refractivity contribution in [2.75, 3.05) is 19.6 Å². The zero-order chi connectivity index (χ0) is 11.9. The molecule has 0 radical (unpaired) electrons. The molecule has 0 saturated heterocycles. The van der Waals surface area contributed by atoms with Crippen LogP contribution in [0.5, 0.6) is 0 Å². The summed E-state index contributed by atoms with van der Waals surface area (Å²) in [6.45, 7) is 9.96. The Balaban J connectivity index is 2.21. The molecule has 0 aromatic heterocycles. The number of rotatable bonds is 6. The van der Waals surface area contributed by atoms with Gasteiger partial charge >= 0.3 is 0 Å². The van der Waals surface area contributed by atoms with Gasteiger partial charge in [0.15, 0.2) is 5.96 Å². The first-order chi connectivity index (χ1) is 7.64. The van der Waals surface area contributed by atoms with Crippen LogP contribution in [0.25, 0.3) is 0 Å². The molecule has 0 bridgehead atoms. The molecule has 16 heavy (non-hydrogen) atoms. The van der Waals surface area contributed by atoms with Crippen LogP contribution in [0.2, 0.25) is 0 Å². The van der Waals surface area contributed by atoms with Gasteiger partial charge in [0.05, 0.1) is 0 Å². The lowest BCUT2D eigenvalue weighted by Crippen LogP contribution is -2.44. The maximum Gasteiger partial charge on any atom is 0.191 e. The summed E-state index contributed by atoms with van der Waals surface area (Å²) in [6, 6.07) is 0. The third-order valence-corrected chi connectivity index (χ3v) is 3.09. The van der Waals surface area contributed by atoms with Crippen molar-refractivity contribution in [2.24, 2.45) is 10.4 Å². The fourth-order valence-electron chi connectivity index (χ4n) is 1.92. The summed E-state index contributed by atoms with van der Waals surface area (Å²) in [5, 5.41) is 6.73. The predicted molar refractivity (Wildman–Crippen MR) is 70.8 cm³/mol. The van der Waals surface area contributed by atoms with E-state index in [0.717, 1.165) is 32.0 Å². The zero-order valence-electron chi connectivity index (χ0n) is 11.1. The maximum absolute atomic E-state index is 4.42. The third kappa shape index (κ3) is 5.38. The van der Waals surface area contributed by atoms with Gasteiger partial charge in [-0.3, -0.25) is 4.99 Å². The van der Waals surface area contributed by atoms with Crippen LogP contribution in [0.15, 0.2) is 4.99 Å². The lowest BCUT2D eigenvalue weighted by Gasteiger charge is -2.27. The molecule has 0 unspecified atom stereocenters. The smallest absolute Gasteiger partial charge is 0.191 e. The first-order valence-corrected chi connectivity index (χ1v) is 6.66. The van der Waals surface area contributed by atoms with Crippen LogP contribution >= 0.6 is 0 Å². The van der Waals surface area contributed by atoms with Crippen LogP contribution in [0.1, 0.15) is 52.9 Å². The van der Waals surface area contributed by atoms with E-state index in [9.17, 15) is 0 Å². The van der Waals surface area contributed by atoms with E-state index in [-0.39, 0.29) is 0 Å². The van der Waals surface area contributed by atoms with Gasteiger partial charge in [-0.15, -0.1) is 0 Å². The van der Waals surface area contributed by atoms with Gasteiger partial charge in [-0.05, 0) is 18.3 Å². The summed E-state index contributed by atoms with van der Waals surface area (Å²) in [6.07, 6.45) is 6.44. The highest BCUT2D eigenvalue weighted by atomic mass is 15.2. The van der Waals surface area contributed by atoms with Crippen LogP contribution in [-0.4, -0.2) is 25.6 Å². The number of aliphatic imine (C=N–C) groups is 1. The SMILES string of the molecule is CCCCCC(C)(C)CNC1=NCCCN1. The van der Waals surface area contributed by atoms with Crippen molar-refractivity contribution in [3.05, 3.63) is 0 Å². The van der Waals surface area contributed by atoms with Crippen LogP contribution < -0.4 is 10.6 Å². The van der Waals surface area contributed by atoms with Crippen molar-refractivity contribution in [1.82, 2.24) is 10.6 Å². The van der Waals surface area contributed by atoms with E-state index in [4.69, 9.17) is 0 Å². The number of unbranched alkanes of at least 4 members (excludes halogenated alkanes) is 2. The normalized spacial score (nSPS) is 16.6. The summed E-state index contributed by atoms with van der Waals surface area (Å²) < 4.78 is 0. The van der Waals surface area contributed by atoms with Crippen LogP contribution in [0.3, 0.4) is 0 Å². The molecule has 3 heteroatoms. The molecular formula is C13H27N3. The van der Waals surface area contributed by atoms with Crippen molar-refractivity contribution in [2.45, 2.75) is 52.9 Å². The molecule has 0 aromatic rings. The van der Waals surface area contributed by atoms with E-state index in [0.29, 0.717) is 5.41 Å². The van der Waals surface area contributed by atoms with Crippen LogP contribution in [0, 0.1) is 5.41 Å². The number of nitrogens with zero attached hydrogens (tertiary/aromatic N) is 1. The van der Waals surface area contributed by atoms with Gasteiger partial charge < -0.3 is 10.6 Å². The molecule has 0 amide bonds. The van der Waals surface area contributed by atoms with Crippen molar-refractivity contribution < 1.29 is 0 Å². The largest absolute Gasteiger partial charge is 0.356 e. The van der Waals surface area contributed by atoms with Crippen LogP contribution in [-0.2, 0) is 0 Å². The predicted octanol–water partition coefficient (Wildman–Crippen LogP) is 2.53. The van der Waals surface area contributed by atoms with E-state index >= 15 is 0 Å². The molecule has 0 spiro atoms. The van der Waals surface area contributed by atoms with Gasteiger partial charge in [-0.25, -0.2) is 0 Å². The maximum atomic E-state index is 4.42. The molecule has 2 N–H and O–H groups in total. The van der Waals surface area contributed by atoms with Gasteiger partial charge in [-0.2, -0.15) is 0 Å². The Morgan fingerprint density at radius 3 is 2.81 bits per heavy atom. The number of hydrogen-bond donors (Lipinski definition) is 2. The summed E-state index contributed by atoms with van der Waals surface area (Å²) in [7, 11) is 0. The van der Waals surface area contributed by atoms with Crippen molar-refractivity contribution in [3.63, 3.8) is 0 Å². The molecule has 0 saturated carbocycles. The lowest BCUT2D eigenvalue weighted by molar-refractivity contribution is 0.318.